The van der Waals surface area contributed by atoms with Crippen LogP contribution in [0.3, 0.4) is 0 Å². The lowest BCUT2D eigenvalue weighted by Crippen LogP contribution is -2.20. The number of fused-ring (bicyclic) bond motifs is 1. The fourth-order valence-electron chi connectivity index (χ4n) is 4.04. The van der Waals surface area contributed by atoms with Gasteiger partial charge in [-0.25, -0.2) is 13.8 Å². The predicted octanol–water partition coefficient (Wildman–Crippen LogP) is 6.85. The van der Waals surface area contributed by atoms with E-state index in [1.165, 1.54) is 12.1 Å². The molecule has 0 atom stereocenters. The van der Waals surface area contributed by atoms with E-state index >= 15 is 0 Å². The van der Waals surface area contributed by atoms with E-state index in [4.69, 9.17) is 9.47 Å². The van der Waals surface area contributed by atoms with E-state index in [1.807, 2.05) is 42.1 Å². The Bertz CT molecular complexity index is 1340. The molecule has 0 saturated carbocycles. The molecule has 0 aliphatic heterocycles. The smallest absolute Gasteiger partial charge is 0.238 e. The van der Waals surface area contributed by atoms with Crippen molar-refractivity contribution >= 4 is 10.9 Å². The molecule has 0 radical (unpaired) electrons. The van der Waals surface area contributed by atoms with Crippen molar-refractivity contribution in [3.05, 3.63) is 72.1 Å². The molecule has 2 heterocycles. The summed E-state index contributed by atoms with van der Waals surface area (Å²) in [6.07, 6.45) is 4.73. The van der Waals surface area contributed by atoms with Crippen molar-refractivity contribution in [2.45, 2.75) is 33.7 Å². The monoisotopic (exact) mass is 479 g/mol. The summed E-state index contributed by atoms with van der Waals surface area (Å²) in [5.41, 5.74) is 3.86. The minimum atomic E-state index is -0.757. The van der Waals surface area contributed by atoms with Crippen molar-refractivity contribution < 1.29 is 18.3 Å². The van der Waals surface area contributed by atoms with Crippen molar-refractivity contribution in [2.75, 3.05) is 13.7 Å². The van der Waals surface area contributed by atoms with Crippen LogP contribution >= 0.6 is 0 Å². The second-order valence-electron chi connectivity index (χ2n) is 9.86. The number of hydrogen-bond donors (Lipinski definition) is 1. The normalized spacial score (nSPS) is 11.7. The van der Waals surface area contributed by atoms with Gasteiger partial charge in [-0.1, -0.05) is 26.8 Å². The Balaban J connectivity index is 1.75. The number of nitrogens with zero attached hydrogens (tertiary/aromatic N) is 2. The van der Waals surface area contributed by atoms with Gasteiger partial charge in [-0.2, -0.15) is 0 Å². The zero-order chi connectivity index (χ0) is 25.2. The van der Waals surface area contributed by atoms with E-state index < -0.39 is 11.6 Å². The molecule has 0 bridgehead atoms. The molecule has 0 saturated heterocycles. The summed E-state index contributed by atoms with van der Waals surface area (Å²) < 4.78 is 41.2. The Morgan fingerprint density at radius 3 is 2.49 bits per heavy atom. The van der Waals surface area contributed by atoms with Crippen molar-refractivity contribution in [1.29, 1.82) is 0 Å². The maximum Gasteiger partial charge on any atom is 0.238 e. The number of rotatable bonds is 8. The van der Waals surface area contributed by atoms with Crippen LogP contribution in [-0.4, -0.2) is 23.2 Å². The van der Waals surface area contributed by atoms with Gasteiger partial charge >= 0.3 is 0 Å². The average Bonchev–Trinajstić information content (AvgIpc) is 3.15. The fraction of sp³-hybridized carbons (Fsp3) is 0.321. The average molecular weight is 480 g/mol. The van der Waals surface area contributed by atoms with Crippen molar-refractivity contribution in [3.8, 4) is 28.5 Å². The van der Waals surface area contributed by atoms with Gasteiger partial charge in [0.05, 0.1) is 7.11 Å². The fourth-order valence-corrected chi connectivity index (χ4v) is 4.04. The minimum absolute atomic E-state index is 0.0387. The van der Waals surface area contributed by atoms with Gasteiger partial charge in [-0.05, 0) is 54.3 Å². The highest BCUT2D eigenvalue weighted by molar-refractivity contribution is 5.99. The first-order valence-electron chi connectivity index (χ1n) is 11.6. The summed E-state index contributed by atoms with van der Waals surface area (Å²) in [5.74, 6) is -0.461. The minimum Gasteiger partial charge on any atom is -0.479 e. The molecule has 2 aromatic heterocycles. The molecule has 0 fully saturated rings. The standard InChI is InChI=1S/C28H31F2N3O2/c1-28(2,3)11-13-31-16-18-6-8-24(35-25-9-7-19(29)15-23(25)30)21(14-18)22-17-33(4)26-20(22)10-12-32-27(26)34-5/h6-10,12,14-15,17,31H,11,13,16H2,1-5H3. The Morgan fingerprint density at radius 1 is 1.00 bits per heavy atom. The van der Waals surface area contributed by atoms with E-state index in [9.17, 15) is 8.78 Å². The largest absolute Gasteiger partial charge is 0.479 e. The van der Waals surface area contributed by atoms with Gasteiger partial charge in [0.25, 0.3) is 0 Å². The number of aryl methyl sites for hydroxylation is 1. The summed E-state index contributed by atoms with van der Waals surface area (Å²) in [5, 5.41) is 4.44. The number of benzene rings is 2. The zero-order valence-corrected chi connectivity index (χ0v) is 20.8. The summed E-state index contributed by atoms with van der Waals surface area (Å²) in [6.45, 7) is 8.24. The molecule has 4 rings (SSSR count). The van der Waals surface area contributed by atoms with Crippen LogP contribution in [0.4, 0.5) is 8.78 Å². The topological polar surface area (TPSA) is 48.3 Å². The van der Waals surface area contributed by atoms with Gasteiger partial charge in [0.1, 0.15) is 17.1 Å². The summed E-state index contributed by atoms with van der Waals surface area (Å²) in [6, 6.07) is 11.0. The quantitative estimate of drug-likeness (QED) is 0.281. The predicted molar refractivity (Wildman–Crippen MR) is 135 cm³/mol. The highest BCUT2D eigenvalue weighted by Crippen LogP contribution is 2.40. The molecule has 1 N–H and O–H groups in total. The van der Waals surface area contributed by atoms with Gasteiger partial charge in [-0.15, -0.1) is 0 Å². The van der Waals surface area contributed by atoms with Crippen molar-refractivity contribution in [3.63, 3.8) is 0 Å². The van der Waals surface area contributed by atoms with Crippen LogP contribution in [0.2, 0.25) is 0 Å². The maximum absolute atomic E-state index is 14.4. The lowest BCUT2D eigenvalue weighted by Gasteiger charge is -2.18. The third-order valence-corrected chi connectivity index (χ3v) is 5.88. The zero-order valence-electron chi connectivity index (χ0n) is 20.8. The van der Waals surface area contributed by atoms with Gasteiger partial charge in [0.15, 0.2) is 11.6 Å². The molecule has 35 heavy (non-hydrogen) atoms. The van der Waals surface area contributed by atoms with Crippen LogP contribution in [0.5, 0.6) is 17.4 Å². The lowest BCUT2D eigenvalue weighted by atomic mass is 9.92. The maximum atomic E-state index is 14.4. The highest BCUT2D eigenvalue weighted by Gasteiger charge is 2.19. The lowest BCUT2D eigenvalue weighted by molar-refractivity contribution is 0.366. The molecular formula is C28H31F2N3O2. The number of aromatic nitrogens is 2. The van der Waals surface area contributed by atoms with Gasteiger partial charge in [-0.3, -0.25) is 0 Å². The molecule has 0 spiro atoms. The molecule has 0 unspecified atom stereocenters. The molecule has 184 valence electrons. The van der Waals surface area contributed by atoms with Crippen molar-refractivity contribution in [2.24, 2.45) is 12.5 Å². The number of methoxy groups -OCH3 is 1. The Morgan fingerprint density at radius 2 is 1.77 bits per heavy atom. The second kappa shape index (κ2) is 10.0. The van der Waals surface area contributed by atoms with Crippen molar-refractivity contribution in [1.82, 2.24) is 14.9 Å². The van der Waals surface area contributed by atoms with Crippen LogP contribution in [0.15, 0.2) is 54.9 Å². The number of nitrogens with one attached hydrogen (secondary N) is 1. The van der Waals surface area contributed by atoms with Crippen LogP contribution < -0.4 is 14.8 Å². The van der Waals surface area contributed by atoms with Crippen LogP contribution in [-0.2, 0) is 13.6 Å². The summed E-state index contributed by atoms with van der Waals surface area (Å²) in [4.78, 5) is 4.32. The summed E-state index contributed by atoms with van der Waals surface area (Å²) >= 11 is 0. The molecule has 0 aliphatic carbocycles. The van der Waals surface area contributed by atoms with Crippen LogP contribution in [0.25, 0.3) is 22.0 Å². The van der Waals surface area contributed by atoms with Gasteiger partial charge in [0.2, 0.25) is 5.88 Å². The van der Waals surface area contributed by atoms with E-state index in [0.717, 1.165) is 46.6 Å². The second-order valence-corrected chi connectivity index (χ2v) is 9.86. The Labute approximate surface area is 204 Å². The Kier molecular flexibility index (Phi) is 7.08. The molecular weight excluding hydrogens is 448 g/mol. The molecule has 0 aliphatic rings. The third kappa shape index (κ3) is 5.62. The third-order valence-electron chi connectivity index (χ3n) is 5.88. The number of ether oxygens (including phenoxy) is 2. The first kappa shape index (κ1) is 24.7. The van der Waals surface area contributed by atoms with E-state index in [-0.39, 0.29) is 11.2 Å². The Hall–Kier alpha value is -3.45. The summed E-state index contributed by atoms with van der Waals surface area (Å²) in [7, 11) is 3.51. The van der Waals surface area contributed by atoms with Gasteiger partial charge < -0.3 is 19.4 Å². The molecule has 7 heteroatoms. The highest BCUT2D eigenvalue weighted by atomic mass is 19.1. The van der Waals surface area contributed by atoms with E-state index in [1.54, 1.807) is 13.3 Å². The first-order chi connectivity index (χ1) is 16.7. The molecule has 2 aromatic carbocycles. The van der Waals surface area contributed by atoms with Crippen LogP contribution in [0, 0.1) is 17.0 Å². The number of pyridine rings is 1. The van der Waals surface area contributed by atoms with E-state index in [0.29, 0.717) is 18.2 Å². The number of halogens is 2. The number of hydrogen-bond acceptors (Lipinski definition) is 4. The first-order valence-corrected chi connectivity index (χ1v) is 11.6. The molecule has 0 amide bonds. The van der Waals surface area contributed by atoms with Crippen LogP contribution in [0.1, 0.15) is 32.8 Å². The van der Waals surface area contributed by atoms with E-state index in [2.05, 4.69) is 31.1 Å². The molecule has 5 nitrogen and oxygen atoms in total. The SMILES string of the molecule is COc1nccc2c(-c3cc(CNCCC(C)(C)C)ccc3Oc3ccc(F)cc3F)cn(C)c12. The van der Waals surface area contributed by atoms with Gasteiger partial charge in [0, 0.05) is 48.6 Å². The molecule has 4 aromatic rings.